The van der Waals surface area contributed by atoms with Crippen molar-refractivity contribution in [1.29, 1.82) is 0 Å². The molecule has 1 aliphatic rings. The average Bonchev–Trinajstić information content (AvgIpc) is 2.93. The molecule has 0 radical (unpaired) electrons. The average molecular weight is 259 g/mol. The Morgan fingerprint density at radius 1 is 1.39 bits per heavy atom. The summed E-state index contributed by atoms with van der Waals surface area (Å²) in [6.07, 6.45) is 3.26. The fourth-order valence-electron chi connectivity index (χ4n) is 2.40. The van der Waals surface area contributed by atoms with E-state index < -0.39 is 0 Å². The first-order chi connectivity index (χ1) is 8.88. The fraction of sp³-hybridized carbons (Fsp3) is 0.429. The zero-order chi connectivity index (χ0) is 12.4. The second-order valence-corrected chi connectivity index (χ2v) is 5.52. The number of fused-ring (bicyclic) bond motifs is 1. The molecule has 3 nitrogen and oxygen atoms in total. The quantitative estimate of drug-likeness (QED) is 0.921. The number of thiophene rings is 1. The molecule has 0 aromatic carbocycles. The van der Waals surface area contributed by atoms with Gasteiger partial charge in [0.1, 0.15) is 0 Å². The smallest absolute Gasteiger partial charge is 0.169 e. The van der Waals surface area contributed by atoms with Gasteiger partial charge in [-0.3, -0.25) is 0 Å². The van der Waals surface area contributed by atoms with E-state index in [9.17, 15) is 0 Å². The third-order valence-electron chi connectivity index (χ3n) is 3.25. The van der Waals surface area contributed by atoms with Crippen LogP contribution in [0.4, 0.5) is 0 Å². The zero-order valence-electron chi connectivity index (χ0n) is 10.6. The third-order valence-corrected chi connectivity index (χ3v) is 4.12. The van der Waals surface area contributed by atoms with E-state index in [1.54, 1.807) is 11.3 Å². The normalized spacial score (nSPS) is 14.5. The van der Waals surface area contributed by atoms with Crippen molar-refractivity contribution in [2.45, 2.75) is 32.7 Å². The molecule has 0 aliphatic carbocycles. The maximum atomic E-state index is 4.79. The third kappa shape index (κ3) is 2.18. The van der Waals surface area contributed by atoms with Gasteiger partial charge in [-0.05, 0) is 36.4 Å². The lowest BCUT2D eigenvalue weighted by molar-refractivity contribution is 0.614. The van der Waals surface area contributed by atoms with Crippen LogP contribution in [0.2, 0.25) is 0 Å². The summed E-state index contributed by atoms with van der Waals surface area (Å²) in [5, 5.41) is 5.48. The first-order valence-electron chi connectivity index (χ1n) is 6.51. The van der Waals surface area contributed by atoms with Gasteiger partial charge in [0.05, 0.1) is 10.6 Å². The van der Waals surface area contributed by atoms with E-state index in [0.29, 0.717) is 0 Å². The van der Waals surface area contributed by atoms with Crippen molar-refractivity contribution in [3.63, 3.8) is 0 Å². The van der Waals surface area contributed by atoms with Gasteiger partial charge in [-0.1, -0.05) is 19.4 Å². The monoisotopic (exact) mass is 259 g/mol. The first kappa shape index (κ1) is 11.8. The van der Waals surface area contributed by atoms with Crippen LogP contribution in [0.3, 0.4) is 0 Å². The van der Waals surface area contributed by atoms with Crippen molar-refractivity contribution in [2.75, 3.05) is 6.54 Å². The molecule has 0 unspecified atom stereocenters. The molecule has 0 spiro atoms. The van der Waals surface area contributed by atoms with Crippen LogP contribution in [0.15, 0.2) is 17.5 Å². The molecular formula is C14H17N3S. The molecule has 2 aromatic heterocycles. The van der Waals surface area contributed by atoms with E-state index in [0.717, 1.165) is 38.2 Å². The largest absolute Gasteiger partial charge is 0.311 e. The molecule has 4 heteroatoms. The van der Waals surface area contributed by atoms with Crippen LogP contribution in [0.5, 0.6) is 0 Å². The Hall–Kier alpha value is -1.26. The van der Waals surface area contributed by atoms with Crippen LogP contribution in [0, 0.1) is 0 Å². The highest BCUT2D eigenvalue weighted by Gasteiger charge is 2.17. The van der Waals surface area contributed by atoms with Gasteiger partial charge in [-0.15, -0.1) is 11.3 Å². The molecule has 0 saturated carbocycles. The van der Waals surface area contributed by atoms with Gasteiger partial charge >= 0.3 is 0 Å². The van der Waals surface area contributed by atoms with Crippen LogP contribution in [0.1, 0.15) is 30.3 Å². The van der Waals surface area contributed by atoms with Gasteiger partial charge < -0.3 is 5.32 Å². The molecule has 1 N–H and O–H groups in total. The van der Waals surface area contributed by atoms with E-state index >= 15 is 0 Å². The molecular weight excluding hydrogens is 242 g/mol. The van der Waals surface area contributed by atoms with Crippen molar-refractivity contribution >= 4 is 11.3 Å². The van der Waals surface area contributed by atoms with Crippen molar-refractivity contribution in [3.05, 3.63) is 34.5 Å². The van der Waals surface area contributed by atoms with Gasteiger partial charge in [0.25, 0.3) is 0 Å². The van der Waals surface area contributed by atoms with E-state index in [1.807, 2.05) is 0 Å². The van der Waals surface area contributed by atoms with Gasteiger partial charge in [0.2, 0.25) is 0 Å². The highest BCUT2D eigenvalue weighted by atomic mass is 32.1. The van der Waals surface area contributed by atoms with Gasteiger partial charge in [-0.25, -0.2) is 9.97 Å². The number of hydrogen-bond donors (Lipinski definition) is 1. The first-order valence-corrected chi connectivity index (χ1v) is 7.39. The summed E-state index contributed by atoms with van der Waals surface area (Å²) < 4.78 is 0. The summed E-state index contributed by atoms with van der Waals surface area (Å²) in [7, 11) is 0. The lowest BCUT2D eigenvalue weighted by Crippen LogP contribution is -2.26. The van der Waals surface area contributed by atoms with Crippen molar-refractivity contribution in [1.82, 2.24) is 15.3 Å². The second kappa shape index (κ2) is 5.16. The maximum Gasteiger partial charge on any atom is 0.169 e. The van der Waals surface area contributed by atoms with Crippen LogP contribution in [-0.2, 0) is 19.4 Å². The number of nitrogens with zero attached hydrogens (tertiary/aromatic N) is 2. The summed E-state index contributed by atoms with van der Waals surface area (Å²) in [4.78, 5) is 10.7. The highest BCUT2D eigenvalue weighted by molar-refractivity contribution is 7.13. The van der Waals surface area contributed by atoms with E-state index in [-0.39, 0.29) is 0 Å². The molecule has 2 aromatic rings. The highest BCUT2D eigenvalue weighted by Crippen LogP contribution is 2.25. The van der Waals surface area contributed by atoms with Crippen molar-refractivity contribution in [2.24, 2.45) is 0 Å². The molecule has 3 heterocycles. The molecule has 18 heavy (non-hydrogen) atoms. The number of hydrogen-bond acceptors (Lipinski definition) is 4. The zero-order valence-corrected chi connectivity index (χ0v) is 11.4. The minimum absolute atomic E-state index is 0.882. The van der Waals surface area contributed by atoms with Crippen LogP contribution >= 0.6 is 11.3 Å². The SMILES string of the molecule is CCCc1nc(-c2cccs2)nc2c1CCNC2. The summed E-state index contributed by atoms with van der Waals surface area (Å²) in [6, 6.07) is 4.15. The van der Waals surface area contributed by atoms with Crippen molar-refractivity contribution in [3.8, 4) is 10.7 Å². The fourth-order valence-corrected chi connectivity index (χ4v) is 3.05. The Morgan fingerprint density at radius 3 is 3.11 bits per heavy atom. The van der Waals surface area contributed by atoms with E-state index in [2.05, 4.69) is 29.8 Å². The number of aromatic nitrogens is 2. The minimum Gasteiger partial charge on any atom is -0.311 e. The van der Waals surface area contributed by atoms with Gasteiger partial charge in [-0.2, -0.15) is 0 Å². The Labute approximate surface area is 111 Å². The topological polar surface area (TPSA) is 37.8 Å². The van der Waals surface area contributed by atoms with Gasteiger partial charge in [0.15, 0.2) is 5.82 Å². The summed E-state index contributed by atoms with van der Waals surface area (Å²) in [5.74, 6) is 0.899. The predicted octanol–water partition coefficient (Wildman–Crippen LogP) is 2.80. The number of nitrogens with one attached hydrogen (secondary N) is 1. The van der Waals surface area contributed by atoms with Crippen molar-refractivity contribution < 1.29 is 0 Å². The van der Waals surface area contributed by atoms with E-state index in [1.165, 1.54) is 21.8 Å². The van der Waals surface area contributed by atoms with Gasteiger partial charge in [0, 0.05) is 12.2 Å². The Bertz CT molecular complexity index is 534. The maximum absolute atomic E-state index is 4.79. The summed E-state index contributed by atoms with van der Waals surface area (Å²) in [5.41, 5.74) is 3.84. The minimum atomic E-state index is 0.882. The van der Waals surface area contributed by atoms with E-state index in [4.69, 9.17) is 9.97 Å². The van der Waals surface area contributed by atoms with Crippen LogP contribution in [0.25, 0.3) is 10.7 Å². The Balaban J connectivity index is 2.09. The predicted molar refractivity (Wildman–Crippen MR) is 74.8 cm³/mol. The molecule has 0 saturated heterocycles. The Kier molecular flexibility index (Phi) is 3.39. The lowest BCUT2D eigenvalue weighted by Gasteiger charge is -2.19. The summed E-state index contributed by atoms with van der Waals surface area (Å²) >= 11 is 1.71. The standard InChI is InChI=1S/C14H17N3S/c1-2-4-11-10-6-7-15-9-12(10)17-14(16-11)13-5-3-8-18-13/h3,5,8,15H,2,4,6-7,9H2,1H3. The second-order valence-electron chi connectivity index (χ2n) is 4.57. The van der Waals surface area contributed by atoms with Crippen LogP contribution < -0.4 is 5.32 Å². The lowest BCUT2D eigenvalue weighted by atomic mass is 10.0. The number of rotatable bonds is 3. The molecule has 0 bridgehead atoms. The number of aryl methyl sites for hydroxylation is 1. The summed E-state index contributed by atoms with van der Waals surface area (Å²) in [6.45, 7) is 4.14. The molecule has 3 rings (SSSR count). The van der Waals surface area contributed by atoms with Crippen LogP contribution in [-0.4, -0.2) is 16.5 Å². The molecule has 1 aliphatic heterocycles. The molecule has 94 valence electrons. The Morgan fingerprint density at radius 2 is 2.33 bits per heavy atom. The molecule has 0 fully saturated rings. The molecule has 0 amide bonds. The molecule has 0 atom stereocenters.